The van der Waals surface area contributed by atoms with E-state index in [1.807, 2.05) is 0 Å². The Morgan fingerprint density at radius 1 is 1.40 bits per heavy atom. The summed E-state index contributed by atoms with van der Waals surface area (Å²) in [6, 6.07) is 12.1. The number of hydrogen-bond acceptors (Lipinski definition) is 3. The van der Waals surface area contributed by atoms with Gasteiger partial charge in [0.1, 0.15) is 0 Å². The lowest BCUT2D eigenvalue weighted by molar-refractivity contribution is 0.0971. The van der Waals surface area contributed by atoms with Gasteiger partial charge in [0.25, 0.3) is 0 Å². The summed E-state index contributed by atoms with van der Waals surface area (Å²) in [7, 11) is -0.689. The molecule has 0 spiro atoms. The smallest absolute Gasteiger partial charge is 0.0450 e. The number of benzene rings is 1. The standard InChI is InChI=1S/C16H26N2OS/c1-13(9-10-20(3)19)18-12-16(17-11-14(18)2)15-7-5-4-6-8-15/h4-8,13-14,16-17H,9-12H2,1-3H3. The number of hydrogen-bond donors (Lipinski definition) is 1. The van der Waals surface area contributed by atoms with Crippen LogP contribution in [-0.4, -0.2) is 46.3 Å². The van der Waals surface area contributed by atoms with Crippen molar-refractivity contribution in [1.29, 1.82) is 0 Å². The van der Waals surface area contributed by atoms with Gasteiger partial charge in [-0.3, -0.25) is 9.11 Å². The van der Waals surface area contributed by atoms with Gasteiger partial charge in [0.2, 0.25) is 0 Å². The topological polar surface area (TPSA) is 32.3 Å². The second kappa shape index (κ2) is 7.34. The molecule has 1 aromatic carbocycles. The molecule has 1 heterocycles. The zero-order chi connectivity index (χ0) is 14.5. The van der Waals surface area contributed by atoms with Gasteiger partial charge in [-0.25, -0.2) is 0 Å². The predicted molar refractivity (Wildman–Crippen MR) is 86.4 cm³/mol. The maximum atomic E-state index is 11.3. The van der Waals surface area contributed by atoms with Crippen molar-refractivity contribution in [1.82, 2.24) is 10.2 Å². The van der Waals surface area contributed by atoms with Gasteiger partial charge in [0.05, 0.1) is 0 Å². The summed E-state index contributed by atoms with van der Waals surface area (Å²) in [5.41, 5.74) is 1.36. The van der Waals surface area contributed by atoms with Crippen LogP contribution in [0.25, 0.3) is 0 Å². The molecule has 4 atom stereocenters. The summed E-state index contributed by atoms with van der Waals surface area (Å²) >= 11 is 0. The van der Waals surface area contributed by atoms with Crippen molar-refractivity contribution in [2.75, 3.05) is 25.1 Å². The summed E-state index contributed by atoms with van der Waals surface area (Å²) in [5, 5.41) is 3.63. The van der Waals surface area contributed by atoms with Gasteiger partial charge in [-0.1, -0.05) is 30.3 Å². The van der Waals surface area contributed by atoms with E-state index in [1.165, 1.54) is 5.56 Å². The first kappa shape index (κ1) is 15.7. The molecule has 0 radical (unpaired) electrons. The van der Waals surface area contributed by atoms with Crippen molar-refractivity contribution in [3.05, 3.63) is 35.9 Å². The van der Waals surface area contributed by atoms with Gasteiger partial charge in [-0.05, 0) is 25.8 Å². The number of rotatable bonds is 5. The van der Waals surface area contributed by atoms with E-state index in [1.54, 1.807) is 6.26 Å². The number of nitrogens with zero attached hydrogens (tertiary/aromatic N) is 1. The van der Waals surface area contributed by atoms with Crippen LogP contribution < -0.4 is 5.32 Å². The van der Waals surface area contributed by atoms with Crippen LogP contribution in [0.5, 0.6) is 0 Å². The van der Waals surface area contributed by atoms with Crippen molar-refractivity contribution in [2.45, 2.75) is 38.4 Å². The minimum absolute atomic E-state index is 0.405. The zero-order valence-electron chi connectivity index (χ0n) is 12.7. The Morgan fingerprint density at radius 3 is 2.75 bits per heavy atom. The molecule has 1 fully saturated rings. The number of nitrogens with one attached hydrogen (secondary N) is 1. The summed E-state index contributed by atoms with van der Waals surface area (Å²) in [6.07, 6.45) is 2.80. The molecule has 1 saturated heterocycles. The molecular weight excluding hydrogens is 268 g/mol. The molecule has 112 valence electrons. The van der Waals surface area contributed by atoms with E-state index >= 15 is 0 Å². The minimum atomic E-state index is -0.689. The van der Waals surface area contributed by atoms with Crippen LogP contribution in [0.4, 0.5) is 0 Å². The van der Waals surface area contributed by atoms with Gasteiger partial charge in [0, 0.05) is 54.0 Å². The molecule has 2 rings (SSSR count). The van der Waals surface area contributed by atoms with Crippen molar-refractivity contribution < 1.29 is 4.21 Å². The van der Waals surface area contributed by atoms with E-state index in [9.17, 15) is 4.21 Å². The third-order valence-electron chi connectivity index (χ3n) is 4.21. The van der Waals surface area contributed by atoms with Crippen molar-refractivity contribution >= 4 is 10.8 Å². The Hall–Kier alpha value is -0.710. The second-order valence-electron chi connectivity index (χ2n) is 5.83. The molecule has 0 aliphatic carbocycles. The van der Waals surface area contributed by atoms with E-state index in [0.29, 0.717) is 18.1 Å². The van der Waals surface area contributed by atoms with Crippen LogP contribution in [0.3, 0.4) is 0 Å². The highest BCUT2D eigenvalue weighted by Gasteiger charge is 2.28. The van der Waals surface area contributed by atoms with Gasteiger partial charge in [-0.15, -0.1) is 0 Å². The summed E-state index contributed by atoms with van der Waals surface area (Å²) in [4.78, 5) is 2.56. The highest BCUT2D eigenvalue weighted by atomic mass is 32.2. The average Bonchev–Trinajstić information content (AvgIpc) is 2.46. The summed E-state index contributed by atoms with van der Waals surface area (Å²) in [6.45, 7) is 6.58. The Balaban J connectivity index is 1.99. The molecule has 1 aliphatic heterocycles. The van der Waals surface area contributed by atoms with E-state index in [4.69, 9.17) is 0 Å². The lowest BCUT2D eigenvalue weighted by Gasteiger charge is -2.42. The Labute approximate surface area is 125 Å². The first-order valence-corrected chi connectivity index (χ1v) is 9.14. The van der Waals surface area contributed by atoms with Crippen LogP contribution in [0.1, 0.15) is 31.9 Å². The van der Waals surface area contributed by atoms with Crippen molar-refractivity contribution in [2.24, 2.45) is 0 Å². The summed E-state index contributed by atoms with van der Waals surface area (Å²) < 4.78 is 11.3. The third-order valence-corrected chi connectivity index (χ3v) is 5.02. The molecule has 0 bridgehead atoms. The molecule has 4 heteroatoms. The fourth-order valence-electron chi connectivity index (χ4n) is 2.91. The van der Waals surface area contributed by atoms with Crippen LogP contribution in [0, 0.1) is 0 Å². The number of piperazine rings is 1. The first-order chi connectivity index (χ1) is 9.58. The molecule has 0 aromatic heterocycles. The van der Waals surface area contributed by atoms with Gasteiger partial charge < -0.3 is 5.32 Å². The molecule has 0 amide bonds. The molecular formula is C16H26N2OS. The fraction of sp³-hybridized carbons (Fsp3) is 0.625. The van der Waals surface area contributed by atoms with Gasteiger partial charge in [-0.2, -0.15) is 0 Å². The normalized spacial score (nSPS) is 27.1. The largest absolute Gasteiger partial charge is 0.307 e. The molecule has 20 heavy (non-hydrogen) atoms. The second-order valence-corrected chi connectivity index (χ2v) is 7.39. The zero-order valence-corrected chi connectivity index (χ0v) is 13.5. The molecule has 1 aromatic rings. The van der Waals surface area contributed by atoms with E-state index in [2.05, 4.69) is 54.4 Å². The predicted octanol–water partition coefficient (Wildman–Crippen LogP) is 2.18. The first-order valence-electron chi connectivity index (χ1n) is 7.42. The SMILES string of the molecule is CC(CCS(C)=O)N1CC(c2ccccc2)NCC1C. The molecule has 4 unspecified atom stereocenters. The highest BCUT2D eigenvalue weighted by Crippen LogP contribution is 2.22. The maximum Gasteiger partial charge on any atom is 0.0450 e. The van der Waals surface area contributed by atoms with Crippen LogP contribution in [0.2, 0.25) is 0 Å². The highest BCUT2D eigenvalue weighted by molar-refractivity contribution is 7.84. The quantitative estimate of drug-likeness (QED) is 0.903. The molecule has 1 aliphatic rings. The minimum Gasteiger partial charge on any atom is -0.307 e. The van der Waals surface area contributed by atoms with Crippen molar-refractivity contribution in [3.63, 3.8) is 0 Å². The molecule has 3 nitrogen and oxygen atoms in total. The van der Waals surface area contributed by atoms with Crippen LogP contribution in [0.15, 0.2) is 30.3 Å². The summed E-state index contributed by atoms with van der Waals surface area (Å²) in [5.74, 6) is 0.799. The van der Waals surface area contributed by atoms with E-state index in [0.717, 1.165) is 25.3 Å². The average molecular weight is 294 g/mol. The maximum absolute atomic E-state index is 11.3. The molecule has 0 saturated carbocycles. The molecule has 1 N–H and O–H groups in total. The monoisotopic (exact) mass is 294 g/mol. The van der Waals surface area contributed by atoms with Crippen molar-refractivity contribution in [3.8, 4) is 0 Å². The Kier molecular flexibility index (Phi) is 5.75. The fourth-order valence-corrected chi connectivity index (χ4v) is 3.58. The van der Waals surface area contributed by atoms with E-state index < -0.39 is 10.8 Å². The van der Waals surface area contributed by atoms with Crippen LogP contribution >= 0.6 is 0 Å². The Morgan fingerprint density at radius 2 is 2.10 bits per heavy atom. The van der Waals surface area contributed by atoms with Gasteiger partial charge >= 0.3 is 0 Å². The third kappa shape index (κ3) is 4.14. The lowest BCUT2D eigenvalue weighted by Crippen LogP contribution is -2.54. The van der Waals surface area contributed by atoms with Gasteiger partial charge in [0.15, 0.2) is 0 Å². The Bertz CT molecular complexity index is 437. The lowest BCUT2D eigenvalue weighted by atomic mass is 10.0. The van der Waals surface area contributed by atoms with Crippen LogP contribution in [-0.2, 0) is 10.8 Å². The van der Waals surface area contributed by atoms with E-state index in [-0.39, 0.29) is 0 Å².